The van der Waals surface area contributed by atoms with Gasteiger partial charge >= 0.3 is 0 Å². The second-order valence-electron chi connectivity index (χ2n) is 6.87. The zero-order chi connectivity index (χ0) is 18.5. The van der Waals surface area contributed by atoms with Crippen molar-refractivity contribution in [2.75, 3.05) is 18.4 Å². The van der Waals surface area contributed by atoms with E-state index in [1.807, 2.05) is 47.3 Å². The van der Waals surface area contributed by atoms with E-state index in [-0.39, 0.29) is 11.8 Å². The number of aromatic nitrogens is 3. The molecule has 27 heavy (non-hydrogen) atoms. The third-order valence-electron chi connectivity index (χ3n) is 4.96. The van der Waals surface area contributed by atoms with Crippen LogP contribution < -0.4 is 5.32 Å². The van der Waals surface area contributed by atoms with Crippen molar-refractivity contribution in [3.05, 3.63) is 67.1 Å². The summed E-state index contributed by atoms with van der Waals surface area (Å²) in [4.78, 5) is 18.9. The number of anilines is 1. The topological polar surface area (TPSA) is 63.1 Å². The fourth-order valence-electron chi connectivity index (χ4n) is 3.43. The number of pyridine rings is 1. The minimum atomic E-state index is 0.0424. The first-order valence-electron chi connectivity index (χ1n) is 9.30. The first kappa shape index (κ1) is 17.4. The second-order valence-corrected chi connectivity index (χ2v) is 6.87. The van der Waals surface area contributed by atoms with E-state index in [4.69, 9.17) is 0 Å². The Kier molecular flexibility index (Phi) is 5.25. The smallest absolute Gasteiger partial charge is 0.228 e. The molecule has 1 amide bonds. The van der Waals surface area contributed by atoms with Gasteiger partial charge in [0, 0.05) is 37.0 Å². The van der Waals surface area contributed by atoms with Crippen LogP contribution in [0.1, 0.15) is 12.8 Å². The molecule has 6 nitrogen and oxygen atoms in total. The quantitative estimate of drug-likeness (QED) is 0.758. The highest BCUT2D eigenvalue weighted by molar-refractivity contribution is 5.91. The van der Waals surface area contributed by atoms with Crippen molar-refractivity contribution in [2.45, 2.75) is 19.5 Å². The van der Waals surface area contributed by atoms with Crippen LogP contribution in [0, 0.1) is 5.92 Å². The Morgan fingerprint density at radius 2 is 1.81 bits per heavy atom. The van der Waals surface area contributed by atoms with Crippen molar-refractivity contribution >= 4 is 11.7 Å². The van der Waals surface area contributed by atoms with E-state index in [0.29, 0.717) is 5.82 Å². The van der Waals surface area contributed by atoms with Crippen molar-refractivity contribution < 1.29 is 4.79 Å². The molecule has 0 aliphatic carbocycles. The highest BCUT2D eigenvalue weighted by Gasteiger charge is 2.25. The van der Waals surface area contributed by atoms with Crippen LogP contribution in [0.25, 0.3) is 11.1 Å². The van der Waals surface area contributed by atoms with Crippen LogP contribution in [0.4, 0.5) is 5.82 Å². The summed E-state index contributed by atoms with van der Waals surface area (Å²) >= 11 is 0. The second kappa shape index (κ2) is 8.14. The summed E-state index contributed by atoms with van der Waals surface area (Å²) in [5, 5.41) is 7.40. The van der Waals surface area contributed by atoms with Gasteiger partial charge in [0.15, 0.2) is 0 Å². The highest BCUT2D eigenvalue weighted by atomic mass is 16.1. The fraction of sp³-hybridized carbons (Fsp3) is 0.286. The van der Waals surface area contributed by atoms with Crippen LogP contribution in [0.3, 0.4) is 0 Å². The lowest BCUT2D eigenvalue weighted by Crippen LogP contribution is -2.39. The van der Waals surface area contributed by atoms with Crippen molar-refractivity contribution in [2.24, 2.45) is 5.92 Å². The number of carbonyl (C=O) groups is 1. The largest absolute Gasteiger partial charge is 0.310 e. The number of piperidine rings is 1. The number of benzene rings is 1. The summed E-state index contributed by atoms with van der Waals surface area (Å²) in [5.74, 6) is 0.731. The number of likely N-dealkylation sites (tertiary alicyclic amines) is 1. The molecule has 0 saturated carbocycles. The Bertz CT molecular complexity index is 870. The molecule has 0 atom stereocenters. The maximum atomic E-state index is 12.4. The van der Waals surface area contributed by atoms with Crippen molar-refractivity contribution in [3.63, 3.8) is 0 Å². The number of carbonyl (C=O) groups excluding carboxylic acids is 1. The highest BCUT2D eigenvalue weighted by Crippen LogP contribution is 2.21. The third-order valence-corrected chi connectivity index (χ3v) is 4.96. The van der Waals surface area contributed by atoms with Crippen molar-refractivity contribution in [1.29, 1.82) is 0 Å². The summed E-state index contributed by atoms with van der Waals surface area (Å²) in [6.07, 6.45) is 7.38. The number of amides is 1. The summed E-state index contributed by atoms with van der Waals surface area (Å²) in [6, 6.07) is 15.8. The van der Waals surface area contributed by atoms with Gasteiger partial charge in [-0.15, -0.1) is 0 Å². The van der Waals surface area contributed by atoms with E-state index < -0.39 is 0 Å². The van der Waals surface area contributed by atoms with Gasteiger partial charge in [0.2, 0.25) is 5.91 Å². The number of hydrogen-bond donors (Lipinski definition) is 1. The lowest BCUT2D eigenvalue weighted by Gasteiger charge is -2.30. The van der Waals surface area contributed by atoms with Crippen LogP contribution in [0.5, 0.6) is 0 Å². The van der Waals surface area contributed by atoms with Crippen LogP contribution in [0.15, 0.2) is 67.1 Å². The Balaban J connectivity index is 1.28. The molecule has 1 aliphatic heterocycles. The molecule has 0 spiro atoms. The molecule has 2 aromatic heterocycles. The number of rotatable bonds is 5. The SMILES string of the molecule is O=C(Nc1ccccn1)C1CCN(Cn2cc(-c3ccccc3)cn2)CC1. The zero-order valence-corrected chi connectivity index (χ0v) is 15.2. The predicted molar refractivity (Wildman–Crippen MR) is 105 cm³/mol. The minimum absolute atomic E-state index is 0.0424. The van der Waals surface area contributed by atoms with E-state index >= 15 is 0 Å². The van der Waals surface area contributed by atoms with E-state index in [1.165, 1.54) is 5.56 Å². The monoisotopic (exact) mass is 361 g/mol. The molecule has 0 unspecified atom stereocenters. The molecule has 1 aromatic carbocycles. The minimum Gasteiger partial charge on any atom is -0.310 e. The van der Waals surface area contributed by atoms with Crippen molar-refractivity contribution in [1.82, 2.24) is 19.7 Å². The predicted octanol–water partition coefficient (Wildman–Crippen LogP) is 3.25. The molecule has 1 N–H and O–H groups in total. The summed E-state index contributed by atoms with van der Waals surface area (Å²) in [6.45, 7) is 2.53. The molecule has 3 aromatic rings. The van der Waals surface area contributed by atoms with Gasteiger partial charge in [-0.05, 0) is 30.5 Å². The van der Waals surface area contributed by atoms with Gasteiger partial charge in [-0.2, -0.15) is 5.10 Å². The van der Waals surface area contributed by atoms with Crippen LogP contribution >= 0.6 is 0 Å². The van der Waals surface area contributed by atoms with Crippen LogP contribution in [-0.2, 0) is 11.5 Å². The molecule has 0 bridgehead atoms. The summed E-state index contributed by atoms with van der Waals surface area (Å²) in [5.41, 5.74) is 2.30. The van der Waals surface area contributed by atoms with Gasteiger partial charge < -0.3 is 5.32 Å². The molecule has 0 radical (unpaired) electrons. The zero-order valence-electron chi connectivity index (χ0n) is 15.2. The number of nitrogens with zero attached hydrogens (tertiary/aromatic N) is 4. The van der Waals surface area contributed by atoms with E-state index in [2.05, 4.69) is 38.6 Å². The van der Waals surface area contributed by atoms with Gasteiger partial charge in [-0.25, -0.2) is 4.98 Å². The Morgan fingerprint density at radius 3 is 2.56 bits per heavy atom. The Hall–Kier alpha value is -2.99. The molecule has 3 heterocycles. The van der Waals surface area contributed by atoms with Gasteiger partial charge in [0.25, 0.3) is 0 Å². The molecule has 1 aliphatic rings. The van der Waals surface area contributed by atoms with Gasteiger partial charge in [-0.1, -0.05) is 36.4 Å². The van der Waals surface area contributed by atoms with Crippen LogP contribution in [-0.4, -0.2) is 38.7 Å². The maximum absolute atomic E-state index is 12.4. The lowest BCUT2D eigenvalue weighted by molar-refractivity contribution is -0.121. The third kappa shape index (κ3) is 4.41. The first-order valence-corrected chi connectivity index (χ1v) is 9.30. The molecular formula is C21H23N5O. The lowest BCUT2D eigenvalue weighted by atomic mass is 9.96. The average molecular weight is 361 g/mol. The maximum Gasteiger partial charge on any atom is 0.228 e. The molecule has 1 fully saturated rings. The van der Waals surface area contributed by atoms with E-state index in [0.717, 1.165) is 38.2 Å². The molecule has 4 rings (SSSR count). The molecule has 1 saturated heterocycles. The standard InChI is InChI=1S/C21H23N5O/c27-21(24-20-8-4-5-11-22-20)18-9-12-25(13-10-18)16-26-15-19(14-23-26)17-6-2-1-3-7-17/h1-8,11,14-15,18H,9-10,12-13,16H2,(H,22,24,27). The average Bonchev–Trinajstić information content (AvgIpc) is 3.18. The first-order chi connectivity index (χ1) is 13.3. The van der Waals surface area contributed by atoms with E-state index in [1.54, 1.807) is 6.20 Å². The summed E-state index contributed by atoms with van der Waals surface area (Å²) < 4.78 is 1.97. The van der Waals surface area contributed by atoms with Crippen LogP contribution in [0.2, 0.25) is 0 Å². The Morgan fingerprint density at radius 1 is 1.04 bits per heavy atom. The molecule has 6 heteroatoms. The van der Waals surface area contributed by atoms with Gasteiger partial charge in [0.1, 0.15) is 5.82 Å². The molecule has 138 valence electrons. The number of hydrogen-bond acceptors (Lipinski definition) is 4. The van der Waals surface area contributed by atoms with E-state index in [9.17, 15) is 4.79 Å². The van der Waals surface area contributed by atoms with Crippen molar-refractivity contribution in [3.8, 4) is 11.1 Å². The number of nitrogens with one attached hydrogen (secondary N) is 1. The fourth-order valence-corrected chi connectivity index (χ4v) is 3.43. The molecular weight excluding hydrogens is 338 g/mol. The van der Waals surface area contributed by atoms with Gasteiger partial charge in [-0.3, -0.25) is 14.4 Å². The normalized spacial score (nSPS) is 15.6. The Labute approximate surface area is 158 Å². The van der Waals surface area contributed by atoms with Gasteiger partial charge in [0.05, 0.1) is 12.9 Å². The summed E-state index contributed by atoms with van der Waals surface area (Å²) in [7, 11) is 0.